The largest absolute Gasteiger partial charge is 0.465 e. The summed E-state index contributed by atoms with van der Waals surface area (Å²) in [7, 11) is 1.34. The molecule has 8 nitrogen and oxygen atoms in total. The van der Waals surface area contributed by atoms with E-state index in [-0.39, 0.29) is 18.5 Å². The van der Waals surface area contributed by atoms with Crippen molar-refractivity contribution in [2.24, 2.45) is 0 Å². The lowest BCUT2D eigenvalue weighted by molar-refractivity contribution is -0.130. The van der Waals surface area contributed by atoms with Crippen LogP contribution in [0.15, 0.2) is 36.7 Å². The summed E-state index contributed by atoms with van der Waals surface area (Å²) < 4.78 is 4.92. The molecule has 1 aliphatic rings. The maximum Gasteiger partial charge on any atom is 0.341 e. The van der Waals surface area contributed by atoms with Crippen LogP contribution in [0.25, 0.3) is 11.0 Å². The van der Waals surface area contributed by atoms with Crippen LogP contribution in [0.3, 0.4) is 0 Å². The molecule has 0 unspecified atom stereocenters. The molecule has 168 valence electrons. The second-order valence-corrected chi connectivity index (χ2v) is 8.49. The molecular weight excluding hydrogens is 453 g/mol. The average Bonchev–Trinajstić information content (AvgIpc) is 3.26. The number of hydrogen-bond donors (Lipinski definition) is 3. The molecule has 10 heteroatoms. The number of halogens is 2. The van der Waals surface area contributed by atoms with Gasteiger partial charge < -0.3 is 25.3 Å². The lowest BCUT2D eigenvalue weighted by Gasteiger charge is -2.34. The minimum atomic E-state index is -0.462. The van der Waals surface area contributed by atoms with Gasteiger partial charge in [-0.15, -0.1) is 0 Å². The molecule has 1 amide bonds. The van der Waals surface area contributed by atoms with Gasteiger partial charge >= 0.3 is 5.97 Å². The van der Waals surface area contributed by atoms with Gasteiger partial charge in [0.15, 0.2) is 0 Å². The molecule has 2 aromatic heterocycles. The number of aromatic amines is 1. The predicted octanol–water partition coefficient (Wildman–Crippen LogP) is 4.17. The molecule has 0 aliphatic carbocycles. The number of nitrogens with one attached hydrogen (secondary N) is 3. The van der Waals surface area contributed by atoms with Gasteiger partial charge in [-0.2, -0.15) is 0 Å². The Hall–Kier alpha value is -2.97. The van der Waals surface area contributed by atoms with Gasteiger partial charge in [-0.1, -0.05) is 23.2 Å². The molecule has 32 heavy (non-hydrogen) atoms. The van der Waals surface area contributed by atoms with E-state index in [4.69, 9.17) is 27.9 Å². The Balaban J connectivity index is 1.45. The first-order valence-electron chi connectivity index (χ1n) is 10.2. The average molecular weight is 476 g/mol. The van der Waals surface area contributed by atoms with Crippen LogP contribution >= 0.6 is 23.2 Å². The van der Waals surface area contributed by atoms with Crippen molar-refractivity contribution in [2.75, 3.05) is 37.4 Å². The second-order valence-electron chi connectivity index (χ2n) is 7.61. The monoisotopic (exact) mass is 475 g/mol. The number of benzene rings is 1. The van der Waals surface area contributed by atoms with Gasteiger partial charge in [-0.05, 0) is 37.1 Å². The van der Waals surface area contributed by atoms with Crippen LogP contribution in [-0.4, -0.2) is 59.5 Å². The summed E-state index contributed by atoms with van der Waals surface area (Å²) in [5.74, 6) is -0.487. The quantitative estimate of drug-likeness (QED) is 0.462. The summed E-state index contributed by atoms with van der Waals surface area (Å²) in [6, 6.07) is 6.93. The van der Waals surface area contributed by atoms with Gasteiger partial charge in [-0.3, -0.25) is 4.79 Å². The highest BCUT2D eigenvalue weighted by Gasteiger charge is 2.26. The molecule has 1 atom stereocenters. The number of amides is 1. The molecule has 0 saturated carbocycles. The van der Waals surface area contributed by atoms with Crippen molar-refractivity contribution in [3.05, 3.63) is 52.3 Å². The molecule has 1 aliphatic heterocycles. The number of pyridine rings is 1. The number of likely N-dealkylation sites (tertiary alicyclic amines) is 1. The van der Waals surface area contributed by atoms with E-state index < -0.39 is 5.97 Å². The van der Waals surface area contributed by atoms with Gasteiger partial charge in [0.05, 0.1) is 19.3 Å². The molecule has 3 N–H and O–H groups in total. The van der Waals surface area contributed by atoms with Crippen LogP contribution < -0.4 is 10.6 Å². The number of ether oxygens (including phenoxy) is 1. The van der Waals surface area contributed by atoms with Crippen molar-refractivity contribution >= 4 is 57.5 Å². The first kappa shape index (κ1) is 22.2. The fourth-order valence-electron chi connectivity index (χ4n) is 3.90. The lowest BCUT2D eigenvalue weighted by Crippen LogP contribution is -2.47. The van der Waals surface area contributed by atoms with Crippen molar-refractivity contribution in [3.8, 4) is 0 Å². The smallest absolute Gasteiger partial charge is 0.341 e. The number of aromatic nitrogens is 2. The number of esters is 1. The highest BCUT2D eigenvalue weighted by molar-refractivity contribution is 6.35. The standard InChI is InChI=1S/C22H23Cl2N5O3/c1-32-22(31)18-10-27-21-17(4-5-25-21)20(18)28-15-3-2-6-29(12-15)19(30)11-26-16-8-13(23)7-14(24)9-16/h4-5,7-10,15,26H,2-3,6,11-12H2,1H3,(H2,25,27,28)/t15-/m1/s1. The second kappa shape index (κ2) is 9.67. The van der Waals surface area contributed by atoms with Crippen molar-refractivity contribution < 1.29 is 14.3 Å². The van der Waals surface area contributed by atoms with E-state index in [9.17, 15) is 9.59 Å². The van der Waals surface area contributed by atoms with E-state index in [2.05, 4.69) is 20.6 Å². The van der Waals surface area contributed by atoms with E-state index in [1.54, 1.807) is 24.4 Å². The molecule has 1 aromatic carbocycles. The molecule has 3 aromatic rings. The minimum absolute atomic E-state index is 0.0165. The van der Waals surface area contributed by atoms with Gasteiger partial charge in [0.25, 0.3) is 0 Å². The van der Waals surface area contributed by atoms with Crippen LogP contribution in [0.2, 0.25) is 10.0 Å². The van der Waals surface area contributed by atoms with Crippen LogP contribution in [0.1, 0.15) is 23.2 Å². The Labute approximate surface area is 195 Å². The van der Waals surface area contributed by atoms with E-state index >= 15 is 0 Å². The van der Waals surface area contributed by atoms with Crippen LogP contribution in [0.4, 0.5) is 11.4 Å². The zero-order chi connectivity index (χ0) is 22.7. The molecule has 1 saturated heterocycles. The number of hydrogen-bond acceptors (Lipinski definition) is 6. The molecule has 1 fully saturated rings. The van der Waals surface area contributed by atoms with Crippen LogP contribution in [0, 0.1) is 0 Å². The molecule has 4 rings (SSSR count). The Morgan fingerprint density at radius 2 is 2.06 bits per heavy atom. The summed E-state index contributed by atoms with van der Waals surface area (Å²) in [5, 5.41) is 8.35. The zero-order valence-electron chi connectivity index (χ0n) is 17.5. The summed E-state index contributed by atoms with van der Waals surface area (Å²) in [4.78, 5) is 34.2. The number of rotatable bonds is 6. The Morgan fingerprint density at radius 3 is 2.81 bits per heavy atom. The minimum Gasteiger partial charge on any atom is -0.465 e. The number of anilines is 2. The van der Waals surface area contributed by atoms with Gasteiger partial charge in [0.2, 0.25) is 5.91 Å². The van der Waals surface area contributed by atoms with Crippen molar-refractivity contribution in [2.45, 2.75) is 18.9 Å². The number of H-pyrrole nitrogens is 1. The van der Waals surface area contributed by atoms with Crippen molar-refractivity contribution in [1.29, 1.82) is 0 Å². The normalized spacial score (nSPS) is 16.1. The number of fused-ring (bicyclic) bond motifs is 1. The lowest BCUT2D eigenvalue weighted by atomic mass is 10.0. The van der Waals surface area contributed by atoms with E-state index in [1.165, 1.54) is 13.3 Å². The van der Waals surface area contributed by atoms with Crippen LogP contribution in [-0.2, 0) is 9.53 Å². The topological polar surface area (TPSA) is 99.3 Å². The summed E-state index contributed by atoms with van der Waals surface area (Å²) in [6.07, 6.45) is 4.99. The van der Waals surface area contributed by atoms with E-state index in [0.717, 1.165) is 18.2 Å². The maximum atomic E-state index is 12.8. The highest BCUT2D eigenvalue weighted by atomic mass is 35.5. The fourth-order valence-corrected chi connectivity index (χ4v) is 4.43. The fraction of sp³-hybridized carbons (Fsp3) is 0.318. The molecular formula is C22H23Cl2N5O3. The van der Waals surface area contributed by atoms with Crippen LogP contribution in [0.5, 0.6) is 0 Å². The van der Waals surface area contributed by atoms with Crippen molar-refractivity contribution in [3.63, 3.8) is 0 Å². The maximum absolute atomic E-state index is 12.8. The zero-order valence-corrected chi connectivity index (χ0v) is 19.0. The number of methoxy groups -OCH3 is 1. The molecule has 3 heterocycles. The third-order valence-corrected chi connectivity index (χ3v) is 5.86. The Bertz CT molecular complexity index is 1130. The van der Waals surface area contributed by atoms with E-state index in [1.807, 2.05) is 11.0 Å². The highest BCUT2D eigenvalue weighted by Crippen LogP contribution is 2.28. The number of piperidine rings is 1. The molecule has 0 bridgehead atoms. The predicted molar refractivity (Wildman–Crippen MR) is 126 cm³/mol. The van der Waals surface area contributed by atoms with Gasteiger partial charge in [0, 0.05) is 52.6 Å². The number of carbonyl (C=O) groups is 2. The van der Waals surface area contributed by atoms with E-state index in [0.29, 0.717) is 45.7 Å². The van der Waals surface area contributed by atoms with Gasteiger partial charge in [0.1, 0.15) is 11.2 Å². The third-order valence-electron chi connectivity index (χ3n) is 5.42. The summed E-state index contributed by atoms with van der Waals surface area (Å²) in [5.41, 5.74) is 2.39. The van der Waals surface area contributed by atoms with Gasteiger partial charge in [-0.25, -0.2) is 9.78 Å². The van der Waals surface area contributed by atoms with Crippen molar-refractivity contribution in [1.82, 2.24) is 14.9 Å². The summed E-state index contributed by atoms with van der Waals surface area (Å²) >= 11 is 12.0. The number of nitrogens with zero attached hydrogens (tertiary/aromatic N) is 2. The first-order chi connectivity index (χ1) is 15.4. The molecule has 0 spiro atoms. The summed E-state index contributed by atoms with van der Waals surface area (Å²) in [6.45, 7) is 1.33. The number of carbonyl (C=O) groups excluding carboxylic acids is 2. The Kier molecular flexibility index (Phi) is 6.72. The molecule has 0 radical (unpaired) electrons. The Morgan fingerprint density at radius 1 is 1.28 bits per heavy atom. The SMILES string of the molecule is COC(=O)c1cnc2[nH]ccc2c1N[C@@H]1CCCN(C(=O)CNc2cc(Cl)cc(Cl)c2)C1. The first-order valence-corrected chi connectivity index (χ1v) is 11.0. The third kappa shape index (κ3) is 4.92.